The van der Waals surface area contributed by atoms with E-state index in [9.17, 15) is 22.0 Å². The fourth-order valence-corrected chi connectivity index (χ4v) is 2.70. The van der Waals surface area contributed by atoms with E-state index in [1.165, 1.54) is 18.3 Å². The number of anilines is 2. The van der Waals surface area contributed by atoms with Gasteiger partial charge in [0.2, 0.25) is 0 Å². The predicted molar refractivity (Wildman–Crippen MR) is 80.0 cm³/mol. The normalized spacial score (nSPS) is 11.5. The van der Waals surface area contributed by atoms with Crippen LogP contribution in [0.3, 0.4) is 0 Å². The third-order valence-corrected chi connectivity index (χ3v) is 3.79. The Hall–Kier alpha value is -2.55. The Kier molecular flexibility index (Phi) is 4.18. The molecule has 0 aliphatic carbocycles. The first-order chi connectivity index (χ1) is 11.3. The molecule has 0 fully saturated rings. The number of hydrogen-bond acceptors (Lipinski definition) is 4. The van der Waals surface area contributed by atoms with E-state index in [0.717, 1.165) is 23.6 Å². The van der Waals surface area contributed by atoms with Crippen molar-refractivity contribution in [3.05, 3.63) is 59.2 Å². The summed E-state index contributed by atoms with van der Waals surface area (Å²) in [4.78, 5) is 7.86. The van der Waals surface area contributed by atoms with Crippen LogP contribution in [0.2, 0.25) is 0 Å². The smallest absolute Gasteiger partial charge is 0.332 e. The molecule has 0 aliphatic heterocycles. The molecule has 124 valence electrons. The summed E-state index contributed by atoms with van der Waals surface area (Å²) in [6.45, 7) is 0. The number of aromatic nitrogens is 2. The fourth-order valence-electron chi connectivity index (χ4n) is 1.96. The molecule has 1 N–H and O–H groups in total. The van der Waals surface area contributed by atoms with Crippen LogP contribution < -0.4 is 5.32 Å². The SMILES string of the molecule is Fc1cncc(-c2csc(Nc3ccc(F)c(C(F)(F)F)c3)n2)c1. The molecule has 1 aromatic carbocycles. The number of hydrogen-bond donors (Lipinski definition) is 1. The summed E-state index contributed by atoms with van der Waals surface area (Å²) in [5.74, 6) is -1.87. The van der Waals surface area contributed by atoms with Crippen LogP contribution in [0, 0.1) is 11.6 Å². The molecular formula is C15H8F5N3S. The molecule has 0 saturated heterocycles. The Bertz CT molecular complexity index is 876. The molecule has 2 aromatic heterocycles. The first-order valence-electron chi connectivity index (χ1n) is 6.53. The molecule has 0 saturated carbocycles. The maximum atomic E-state index is 13.3. The lowest BCUT2D eigenvalue weighted by Crippen LogP contribution is -2.08. The van der Waals surface area contributed by atoms with Crippen LogP contribution >= 0.6 is 11.3 Å². The van der Waals surface area contributed by atoms with Gasteiger partial charge in [0.1, 0.15) is 11.6 Å². The molecule has 24 heavy (non-hydrogen) atoms. The number of halogens is 5. The van der Waals surface area contributed by atoms with Crippen LogP contribution in [-0.2, 0) is 6.18 Å². The molecular weight excluding hydrogens is 349 g/mol. The van der Waals surface area contributed by atoms with Crippen molar-refractivity contribution in [2.75, 3.05) is 5.32 Å². The third kappa shape index (κ3) is 3.51. The van der Waals surface area contributed by atoms with Gasteiger partial charge in [0.25, 0.3) is 0 Å². The van der Waals surface area contributed by atoms with Gasteiger partial charge < -0.3 is 5.32 Å². The van der Waals surface area contributed by atoms with Crippen molar-refractivity contribution in [2.24, 2.45) is 0 Å². The first kappa shape index (κ1) is 16.3. The van der Waals surface area contributed by atoms with Gasteiger partial charge in [-0.1, -0.05) is 0 Å². The second kappa shape index (κ2) is 6.16. The Morgan fingerprint density at radius 3 is 2.54 bits per heavy atom. The summed E-state index contributed by atoms with van der Waals surface area (Å²) in [7, 11) is 0. The summed E-state index contributed by atoms with van der Waals surface area (Å²) in [6.07, 6.45) is -2.32. The summed E-state index contributed by atoms with van der Waals surface area (Å²) < 4.78 is 64.5. The van der Waals surface area contributed by atoms with Gasteiger partial charge in [-0.3, -0.25) is 4.98 Å². The first-order valence-corrected chi connectivity index (χ1v) is 7.41. The van der Waals surface area contributed by atoms with Crippen molar-refractivity contribution >= 4 is 22.2 Å². The minimum Gasteiger partial charge on any atom is -0.332 e. The molecule has 0 radical (unpaired) electrons. The zero-order valence-corrected chi connectivity index (χ0v) is 12.6. The fraction of sp³-hybridized carbons (Fsp3) is 0.0667. The highest BCUT2D eigenvalue weighted by Crippen LogP contribution is 2.34. The van der Waals surface area contributed by atoms with E-state index >= 15 is 0 Å². The monoisotopic (exact) mass is 357 g/mol. The minimum absolute atomic E-state index is 0.0435. The Balaban J connectivity index is 1.85. The molecule has 0 aliphatic rings. The molecule has 0 spiro atoms. The van der Waals surface area contributed by atoms with Crippen LogP contribution in [0.15, 0.2) is 42.0 Å². The average Bonchev–Trinajstić information content (AvgIpc) is 2.97. The van der Waals surface area contributed by atoms with E-state index in [-0.39, 0.29) is 10.8 Å². The molecule has 0 atom stereocenters. The summed E-state index contributed by atoms with van der Waals surface area (Å²) in [5, 5.41) is 4.57. The van der Waals surface area contributed by atoms with Crippen LogP contribution in [0.5, 0.6) is 0 Å². The van der Waals surface area contributed by atoms with E-state index < -0.39 is 23.4 Å². The van der Waals surface area contributed by atoms with E-state index in [1.54, 1.807) is 5.38 Å². The number of alkyl halides is 3. The van der Waals surface area contributed by atoms with Gasteiger partial charge in [-0.05, 0) is 24.3 Å². The van der Waals surface area contributed by atoms with Crippen LogP contribution in [0.4, 0.5) is 32.8 Å². The van der Waals surface area contributed by atoms with E-state index in [2.05, 4.69) is 15.3 Å². The van der Waals surface area contributed by atoms with E-state index in [1.807, 2.05) is 0 Å². The molecule has 0 amide bonds. The molecule has 0 unspecified atom stereocenters. The minimum atomic E-state index is -4.79. The Morgan fingerprint density at radius 1 is 1.04 bits per heavy atom. The van der Waals surface area contributed by atoms with Gasteiger partial charge >= 0.3 is 6.18 Å². The number of nitrogens with zero attached hydrogens (tertiary/aromatic N) is 2. The largest absolute Gasteiger partial charge is 0.419 e. The van der Waals surface area contributed by atoms with E-state index in [0.29, 0.717) is 17.3 Å². The van der Waals surface area contributed by atoms with Crippen molar-refractivity contribution in [2.45, 2.75) is 6.18 Å². The standard InChI is InChI=1S/C15H8F5N3S/c16-9-3-8(5-21-6-9)13-7-24-14(23-13)22-10-1-2-12(17)11(4-10)15(18,19)20/h1-7H,(H,22,23). The van der Waals surface area contributed by atoms with Crippen molar-refractivity contribution in [1.29, 1.82) is 0 Å². The van der Waals surface area contributed by atoms with Gasteiger partial charge in [-0.25, -0.2) is 13.8 Å². The Morgan fingerprint density at radius 2 is 1.83 bits per heavy atom. The highest BCUT2D eigenvalue weighted by molar-refractivity contribution is 7.14. The van der Waals surface area contributed by atoms with E-state index in [4.69, 9.17) is 0 Å². The highest BCUT2D eigenvalue weighted by Gasteiger charge is 2.34. The topological polar surface area (TPSA) is 37.8 Å². The maximum Gasteiger partial charge on any atom is 0.419 e. The molecule has 3 rings (SSSR count). The van der Waals surface area contributed by atoms with Crippen LogP contribution in [0.1, 0.15) is 5.56 Å². The van der Waals surface area contributed by atoms with Gasteiger partial charge in [0, 0.05) is 22.8 Å². The Labute approximate surface area is 136 Å². The number of nitrogens with one attached hydrogen (secondary N) is 1. The number of pyridine rings is 1. The maximum absolute atomic E-state index is 13.3. The van der Waals surface area contributed by atoms with Gasteiger partial charge in [-0.2, -0.15) is 13.2 Å². The van der Waals surface area contributed by atoms with Gasteiger partial charge in [0.15, 0.2) is 5.13 Å². The molecule has 3 aromatic rings. The quantitative estimate of drug-likeness (QED) is 0.651. The lowest BCUT2D eigenvalue weighted by Gasteiger charge is -2.10. The van der Waals surface area contributed by atoms with Crippen LogP contribution in [-0.4, -0.2) is 9.97 Å². The van der Waals surface area contributed by atoms with Gasteiger partial charge in [0.05, 0.1) is 17.5 Å². The predicted octanol–water partition coefficient (Wildman–Crippen LogP) is 5.25. The second-order valence-corrected chi connectivity index (χ2v) is 5.61. The number of benzene rings is 1. The van der Waals surface area contributed by atoms with Crippen LogP contribution in [0.25, 0.3) is 11.3 Å². The van der Waals surface area contributed by atoms with Crippen molar-refractivity contribution in [1.82, 2.24) is 9.97 Å². The van der Waals surface area contributed by atoms with Gasteiger partial charge in [-0.15, -0.1) is 11.3 Å². The zero-order chi connectivity index (χ0) is 17.3. The third-order valence-electron chi connectivity index (χ3n) is 3.03. The van der Waals surface area contributed by atoms with Crippen molar-refractivity contribution in [3.63, 3.8) is 0 Å². The molecule has 3 nitrogen and oxygen atoms in total. The number of thiazole rings is 1. The second-order valence-electron chi connectivity index (χ2n) is 4.75. The zero-order valence-electron chi connectivity index (χ0n) is 11.7. The van der Waals surface area contributed by atoms with Crippen molar-refractivity contribution < 1.29 is 22.0 Å². The van der Waals surface area contributed by atoms with Crippen molar-refractivity contribution in [3.8, 4) is 11.3 Å². The molecule has 0 bridgehead atoms. The lowest BCUT2D eigenvalue weighted by molar-refractivity contribution is -0.139. The summed E-state index contributed by atoms with van der Waals surface area (Å²) >= 11 is 1.12. The summed E-state index contributed by atoms with van der Waals surface area (Å²) in [6, 6.07) is 3.82. The molecule has 2 heterocycles. The highest BCUT2D eigenvalue weighted by atomic mass is 32.1. The lowest BCUT2D eigenvalue weighted by atomic mass is 10.2. The summed E-state index contributed by atoms with van der Waals surface area (Å²) in [5.41, 5.74) is -0.456. The average molecular weight is 357 g/mol. The number of rotatable bonds is 3. The molecule has 9 heteroatoms.